The van der Waals surface area contributed by atoms with Crippen LogP contribution in [0.15, 0.2) is 16.7 Å². The van der Waals surface area contributed by atoms with Gasteiger partial charge in [-0.2, -0.15) is 0 Å². The number of carbonyl (C=O) groups excluding carboxylic acids is 2. The van der Waals surface area contributed by atoms with Crippen molar-refractivity contribution in [2.75, 3.05) is 39.9 Å². The Bertz CT molecular complexity index is 612. The SMILES string of the molecule is COCCN1CC[C@@]2(CCCN(C(=O)c3ccoc3C)CC2)C1=O. The molecule has 1 spiro atoms. The Morgan fingerprint density at radius 1 is 1.29 bits per heavy atom. The van der Waals surface area contributed by atoms with Gasteiger partial charge in [-0.1, -0.05) is 0 Å². The van der Waals surface area contributed by atoms with Crippen molar-refractivity contribution in [3.63, 3.8) is 0 Å². The lowest BCUT2D eigenvalue weighted by atomic mass is 9.79. The first-order chi connectivity index (χ1) is 11.6. The Hall–Kier alpha value is -1.82. The monoisotopic (exact) mass is 334 g/mol. The van der Waals surface area contributed by atoms with Crippen molar-refractivity contribution in [1.29, 1.82) is 0 Å². The van der Waals surface area contributed by atoms with Crippen LogP contribution in [0, 0.1) is 12.3 Å². The highest BCUT2D eigenvalue weighted by Crippen LogP contribution is 2.41. The molecule has 0 aromatic carbocycles. The first-order valence-corrected chi connectivity index (χ1v) is 8.69. The maximum Gasteiger partial charge on any atom is 0.257 e. The number of hydrogen-bond acceptors (Lipinski definition) is 4. The molecule has 1 aromatic heterocycles. The van der Waals surface area contributed by atoms with Crippen LogP contribution in [0.5, 0.6) is 0 Å². The Morgan fingerprint density at radius 2 is 2.08 bits per heavy atom. The zero-order valence-corrected chi connectivity index (χ0v) is 14.5. The van der Waals surface area contributed by atoms with Crippen molar-refractivity contribution >= 4 is 11.8 Å². The summed E-state index contributed by atoms with van der Waals surface area (Å²) in [5, 5.41) is 0. The summed E-state index contributed by atoms with van der Waals surface area (Å²) in [6.07, 6.45) is 4.92. The van der Waals surface area contributed by atoms with Gasteiger partial charge in [0, 0.05) is 33.3 Å². The number of likely N-dealkylation sites (tertiary alicyclic amines) is 2. The van der Waals surface area contributed by atoms with Gasteiger partial charge < -0.3 is 19.0 Å². The van der Waals surface area contributed by atoms with Crippen LogP contribution in [-0.4, -0.2) is 61.5 Å². The van der Waals surface area contributed by atoms with Crippen molar-refractivity contribution in [2.45, 2.75) is 32.6 Å². The van der Waals surface area contributed by atoms with Crippen molar-refractivity contribution in [1.82, 2.24) is 9.80 Å². The number of nitrogens with zero attached hydrogens (tertiary/aromatic N) is 2. The number of aryl methyl sites for hydroxylation is 1. The van der Waals surface area contributed by atoms with E-state index in [1.54, 1.807) is 26.4 Å². The lowest BCUT2D eigenvalue weighted by Gasteiger charge is -2.26. The van der Waals surface area contributed by atoms with E-state index in [-0.39, 0.29) is 17.2 Å². The van der Waals surface area contributed by atoms with Gasteiger partial charge in [0.15, 0.2) is 0 Å². The highest BCUT2D eigenvalue weighted by molar-refractivity contribution is 5.95. The Morgan fingerprint density at radius 3 is 2.79 bits per heavy atom. The fourth-order valence-electron chi connectivity index (χ4n) is 3.95. The van der Waals surface area contributed by atoms with E-state index in [1.165, 1.54) is 0 Å². The van der Waals surface area contributed by atoms with Crippen LogP contribution >= 0.6 is 0 Å². The van der Waals surface area contributed by atoms with Gasteiger partial charge in [-0.15, -0.1) is 0 Å². The molecule has 3 heterocycles. The highest BCUT2D eigenvalue weighted by atomic mass is 16.5. The molecular weight excluding hydrogens is 308 g/mol. The minimum Gasteiger partial charge on any atom is -0.469 e. The van der Waals surface area contributed by atoms with E-state index in [0.29, 0.717) is 37.6 Å². The molecule has 0 saturated carbocycles. The first kappa shape index (κ1) is 17.0. The molecule has 24 heavy (non-hydrogen) atoms. The lowest BCUT2D eigenvalue weighted by Crippen LogP contribution is -2.37. The molecule has 6 heteroatoms. The number of amides is 2. The van der Waals surface area contributed by atoms with Gasteiger partial charge in [-0.25, -0.2) is 0 Å². The normalized spacial score (nSPS) is 24.7. The molecule has 2 saturated heterocycles. The molecule has 0 radical (unpaired) electrons. The van der Waals surface area contributed by atoms with Crippen molar-refractivity contribution < 1.29 is 18.7 Å². The summed E-state index contributed by atoms with van der Waals surface area (Å²) in [5.74, 6) is 0.912. The van der Waals surface area contributed by atoms with E-state index in [2.05, 4.69) is 0 Å². The van der Waals surface area contributed by atoms with Gasteiger partial charge in [-0.3, -0.25) is 9.59 Å². The number of ether oxygens (including phenoxy) is 1. The van der Waals surface area contributed by atoms with E-state index >= 15 is 0 Å². The minimum absolute atomic E-state index is 0.0139. The number of rotatable bonds is 4. The van der Waals surface area contributed by atoms with E-state index < -0.39 is 0 Å². The summed E-state index contributed by atoms with van der Waals surface area (Å²) in [5.41, 5.74) is 0.346. The summed E-state index contributed by atoms with van der Waals surface area (Å²) in [7, 11) is 1.66. The third-order valence-corrected chi connectivity index (χ3v) is 5.49. The summed E-state index contributed by atoms with van der Waals surface area (Å²) >= 11 is 0. The zero-order valence-electron chi connectivity index (χ0n) is 14.5. The van der Waals surface area contributed by atoms with Gasteiger partial charge in [0.2, 0.25) is 5.91 Å². The quantitative estimate of drug-likeness (QED) is 0.846. The van der Waals surface area contributed by atoms with E-state index in [9.17, 15) is 9.59 Å². The van der Waals surface area contributed by atoms with Gasteiger partial charge in [0.1, 0.15) is 5.76 Å². The molecule has 0 N–H and O–H groups in total. The molecule has 0 bridgehead atoms. The predicted molar refractivity (Wildman–Crippen MR) is 88.7 cm³/mol. The summed E-state index contributed by atoms with van der Waals surface area (Å²) < 4.78 is 10.3. The van der Waals surface area contributed by atoms with Gasteiger partial charge >= 0.3 is 0 Å². The molecular formula is C18H26N2O4. The van der Waals surface area contributed by atoms with Gasteiger partial charge in [0.25, 0.3) is 5.91 Å². The average Bonchev–Trinajstić information content (AvgIpc) is 3.04. The molecule has 6 nitrogen and oxygen atoms in total. The molecule has 132 valence electrons. The van der Waals surface area contributed by atoms with Crippen molar-refractivity contribution in [3.05, 3.63) is 23.7 Å². The highest BCUT2D eigenvalue weighted by Gasteiger charge is 2.47. The Balaban J connectivity index is 1.66. The van der Waals surface area contributed by atoms with E-state index in [1.807, 2.05) is 9.80 Å². The van der Waals surface area contributed by atoms with E-state index in [4.69, 9.17) is 9.15 Å². The second-order valence-electron chi connectivity index (χ2n) is 6.85. The predicted octanol–water partition coefficient (Wildman–Crippen LogP) is 2.08. The molecule has 2 aliphatic rings. The van der Waals surface area contributed by atoms with Gasteiger partial charge in [0.05, 0.1) is 23.8 Å². The maximum atomic E-state index is 12.9. The van der Waals surface area contributed by atoms with Crippen LogP contribution in [0.1, 0.15) is 41.8 Å². The van der Waals surface area contributed by atoms with Crippen LogP contribution < -0.4 is 0 Å². The Kier molecular flexibility index (Phi) is 4.94. The van der Waals surface area contributed by atoms with Gasteiger partial charge in [-0.05, 0) is 38.7 Å². The largest absolute Gasteiger partial charge is 0.469 e. The lowest BCUT2D eigenvalue weighted by molar-refractivity contribution is -0.137. The van der Waals surface area contributed by atoms with Crippen molar-refractivity contribution in [2.24, 2.45) is 5.41 Å². The molecule has 2 aliphatic heterocycles. The fraction of sp³-hybridized carbons (Fsp3) is 0.667. The second kappa shape index (κ2) is 6.97. The molecule has 3 rings (SSSR count). The first-order valence-electron chi connectivity index (χ1n) is 8.69. The summed E-state index contributed by atoms with van der Waals surface area (Å²) in [6.45, 7) is 5.18. The van der Waals surface area contributed by atoms with Crippen LogP contribution in [-0.2, 0) is 9.53 Å². The topological polar surface area (TPSA) is 63.0 Å². The Labute approximate surface area is 142 Å². The minimum atomic E-state index is -0.284. The molecule has 1 aromatic rings. The number of methoxy groups -OCH3 is 1. The van der Waals surface area contributed by atoms with Crippen molar-refractivity contribution in [3.8, 4) is 0 Å². The zero-order chi connectivity index (χ0) is 17.2. The van der Waals surface area contributed by atoms with Crippen LogP contribution in [0.25, 0.3) is 0 Å². The molecule has 0 aliphatic carbocycles. The average molecular weight is 334 g/mol. The number of furan rings is 1. The summed E-state index contributed by atoms with van der Waals surface area (Å²) in [6, 6.07) is 1.73. The standard InChI is InChI=1S/C18H26N2O4/c1-14-15(4-12-24-14)16(21)19-8-3-5-18(6-9-19)7-10-20(17(18)22)11-13-23-2/h4,12H,3,5-11,13H2,1-2H3/t18-/m0/s1. The number of carbonyl (C=O) groups is 2. The smallest absolute Gasteiger partial charge is 0.257 e. The van der Waals surface area contributed by atoms with Crippen LogP contribution in [0.3, 0.4) is 0 Å². The third kappa shape index (κ3) is 3.07. The number of hydrogen-bond donors (Lipinski definition) is 0. The molecule has 2 amide bonds. The maximum absolute atomic E-state index is 12.9. The molecule has 2 fully saturated rings. The third-order valence-electron chi connectivity index (χ3n) is 5.49. The van der Waals surface area contributed by atoms with Crippen LogP contribution in [0.4, 0.5) is 0 Å². The van der Waals surface area contributed by atoms with Crippen LogP contribution in [0.2, 0.25) is 0 Å². The molecule has 1 atom stereocenters. The molecule has 0 unspecified atom stereocenters. The van der Waals surface area contributed by atoms with E-state index in [0.717, 1.165) is 32.2 Å². The second-order valence-corrected chi connectivity index (χ2v) is 6.85. The fourth-order valence-corrected chi connectivity index (χ4v) is 3.95. The summed E-state index contributed by atoms with van der Waals surface area (Å²) in [4.78, 5) is 29.3.